The van der Waals surface area contributed by atoms with Gasteiger partial charge in [-0.3, -0.25) is 14.5 Å². The molecule has 6 nitrogen and oxygen atoms in total. The number of rotatable bonds is 3. The number of aromatic nitrogens is 1. The molecule has 1 atom stereocenters. The first-order valence-corrected chi connectivity index (χ1v) is 9.31. The van der Waals surface area contributed by atoms with Crippen molar-refractivity contribution in [3.8, 4) is 0 Å². The van der Waals surface area contributed by atoms with Crippen LogP contribution < -0.4 is 5.43 Å². The van der Waals surface area contributed by atoms with Crippen molar-refractivity contribution in [3.05, 3.63) is 33.7 Å². The lowest BCUT2D eigenvalue weighted by molar-refractivity contribution is 0.0449. The van der Waals surface area contributed by atoms with Gasteiger partial charge in [-0.05, 0) is 45.1 Å². The van der Waals surface area contributed by atoms with E-state index in [9.17, 15) is 14.7 Å². The Morgan fingerprint density at radius 3 is 2.60 bits per heavy atom. The highest BCUT2D eigenvalue weighted by Crippen LogP contribution is 2.24. The fourth-order valence-electron chi connectivity index (χ4n) is 4.15. The molecular formula is C19H29N3O3. The van der Waals surface area contributed by atoms with E-state index in [0.717, 1.165) is 57.6 Å². The molecule has 0 bridgehead atoms. The molecule has 2 fully saturated rings. The largest absolute Gasteiger partial charge is 0.396 e. The van der Waals surface area contributed by atoms with Crippen LogP contribution in [0.4, 0.5) is 0 Å². The normalized spacial score (nSPS) is 23.0. The number of carbonyl (C=O) groups is 1. The van der Waals surface area contributed by atoms with E-state index in [0.29, 0.717) is 17.7 Å². The number of aliphatic hydroxyl groups is 1. The van der Waals surface area contributed by atoms with Crippen molar-refractivity contribution >= 4 is 5.91 Å². The number of likely N-dealkylation sites (tertiary alicyclic amines) is 2. The van der Waals surface area contributed by atoms with Crippen molar-refractivity contribution in [2.45, 2.75) is 38.6 Å². The second-order valence-corrected chi connectivity index (χ2v) is 7.49. The summed E-state index contributed by atoms with van der Waals surface area (Å²) in [6.45, 7) is 5.65. The van der Waals surface area contributed by atoms with Crippen molar-refractivity contribution in [1.29, 1.82) is 0 Å². The molecule has 0 unspecified atom stereocenters. The minimum absolute atomic E-state index is 0.0476. The van der Waals surface area contributed by atoms with Gasteiger partial charge in [-0.2, -0.15) is 0 Å². The van der Waals surface area contributed by atoms with E-state index in [4.69, 9.17) is 0 Å². The molecule has 1 aromatic heterocycles. The maximum Gasteiger partial charge on any atom is 0.270 e. The van der Waals surface area contributed by atoms with Crippen LogP contribution in [0.2, 0.25) is 0 Å². The third-order valence-electron chi connectivity index (χ3n) is 5.82. The summed E-state index contributed by atoms with van der Waals surface area (Å²) >= 11 is 0. The number of hydrogen-bond donors (Lipinski definition) is 1. The molecule has 0 spiro atoms. The Morgan fingerprint density at radius 1 is 1.20 bits per heavy atom. The molecule has 2 aliphatic rings. The molecule has 1 amide bonds. The second-order valence-electron chi connectivity index (χ2n) is 7.49. The number of hydrogen-bond acceptors (Lipinski definition) is 4. The molecule has 2 saturated heterocycles. The van der Waals surface area contributed by atoms with Crippen molar-refractivity contribution in [3.63, 3.8) is 0 Å². The summed E-state index contributed by atoms with van der Waals surface area (Å²) in [4.78, 5) is 29.0. The lowest BCUT2D eigenvalue weighted by Crippen LogP contribution is -2.50. The Labute approximate surface area is 149 Å². The molecule has 1 N–H and O–H groups in total. The first-order valence-electron chi connectivity index (χ1n) is 9.31. The summed E-state index contributed by atoms with van der Waals surface area (Å²) in [6.07, 6.45) is 4.19. The summed E-state index contributed by atoms with van der Waals surface area (Å²) in [5, 5.41) is 9.41. The highest BCUT2D eigenvalue weighted by Gasteiger charge is 2.30. The van der Waals surface area contributed by atoms with Crippen LogP contribution in [0, 0.1) is 12.8 Å². The molecular weight excluding hydrogens is 318 g/mol. The van der Waals surface area contributed by atoms with E-state index in [1.165, 1.54) is 6.07 Å². The molecule has 3 heterocycles. The Bertz CT molecular complexity index is 677. The summed E-state index contributed by atoms with van der Waals surface area (Å²) in [5.74, 6) is 0.351. The minimum atomic E-state index is -0.114. The zero-order valence-corrected chi connectivity index (χ0v) is 15.3. The molecule has 0 aliphatic carbocycles. The topological polar surface area (TPSA) is 65.8 Å². The van der Waals surface area contributed by atoms with Crippen molar-refractivity contribution in [2.75, 3.05) is 32.8 Å². The standard InChI is InChI=1S/C19H29N3O3/c1-14-10-17(24)11-18(20(14)2)19(25)21-8-5-16(6-9-21)22-7-3-4-15(12-22)13-23/h10-11,15-16,23H,3-9,12-13H2,1-2H3/t15-/m1/s1. The van der Waals surface area contributed by atoms with Crippen molar-refractivity contribution in [1.82, 2.24) is 14.4 Å². The number of piperidine rings is 2. The first kappa shape index (κ1) is 18.1. The number of aryl methyl sites for hydroxylation is 1. The monoisotopic (exact) mass is 347 g/mol. The average molecular weight is 347 g/mol. The van der Waals surface area contributed by atoms with Gasteiger partial charge >= 0.3 is 0 Å². The fourth-order valence-corrected chi connectivity index (χ4v) is 4.15. The Balaban J connectivity index is 1.62. The Kier molecular flexibility index (Phi) is 5.59. The van der Waals surface area contributed by atoms with Crippen LogP contribution in [0.1, 0.15) is 41.9 Å². The summed E-state index contributed by atoms with van der Waals surface area (Å²) in [7, 11) is 1.83. The summed E-state index contributed by atoms with van der Waals surface area (Å²) in [5.41, 5.74) is 1.16. The molecule has 1 aromatic rings. The predicted octanol–water partition coefficient (Wildman–Crippen LogP) is 1.00. The summed E-state index contributed by atoms with van der Waals surface area (Å²) < 4.78 is 1.80. The highest BCUT2D eigenvalue weighted by atomic mass is 16.3. The van der Waals surface area contributed by atoms with E-state index in [2.05, 4.69) is 4.90 Å². The molecule has 6 heteroatoms. The van der Waals surface area contributed by atoms with Crippen LogP contribution >= 0.6 is 0 Å². The van der Waals surface area contributed by atoms with Gasteiger partial charge in [0.25, 0.3) is 5.91 Å². The van der Waals surface area contributed by atoms with Gasteiger partial charge in [0.2, 0.25) is 0 Å². The van der Waals surface area contributed by atoms with E-state index in [1.54, 1.807) is 10.6 Å². The van der Waals surface area contributed by atoms with E-state index in [1.807, 2.05) is 18.9 Å². The van der Waals surface area contributed by atoms with E-state index in [-0.39, 0.29) is 17.9 Å². The Morgan fingerprint density at radius 2 is 1.92 bits per heavy atom. The first-order chi connectivity index (χ1) is 12.0. The maximum atomic E-state index is 12.8. The van der Waals surface area contributed by atoms with Gasteiger partial charge in [0.05, 0.1) is 0 Å². The van der Waals surface area contributed by atoms with Gasteiger partial charge < -0.3 is 14.6 Å². The fraction of sp³-hybridized carbons (Fsp3) is 0.684. The third-order valence-corrected chi connectivity index (χ3v) is 5.82. The second kappa shape index (κ2) is 7.70. The lowest BCUT2D eigenvalue weighted by atomic mass is 9.94. The van der Waals surface area contributed by atoms with Crippen LogP contribution in [0.15, 0.2) is 16.9 Å². The van der Waals surface area contributed by atoms with E-state index >= 15 is 0 Å². The smallest absolute Gasteiger partial charge is 0.270 e. The zero-order valence-electron chi connectivity index (χ0n) is 15.3. The predicted molar refractivity (Wildman–Crippen MR) is 96.7 cm³/mol. The van der Waals surface area contributed by atoms with E-state index < -0.39 is 0 Å². The van der Waals surface area contributed by atoms with Crippen molar-refractivity contribution in [2.24, 2.45) is 13.0 Å². The number of nitrogens with zero attached hydrogens (tertiary/aromatic N) is 3. The highest BCUT2D eigenvalue weighted by molar-refractivity contribution is 5.92. The molecule has 25 heavy (non-hydrogen) atoms. The van der Waals surface area contributed by atoms with Crippen LogP contribution in [-0.2, 0) is 7.05 Å². The Hall–Kier alpha value is -1.66. The third kappa shape index (κ3) is 3.96. The van der Waals surface area contributed by atoms with Gasteiger partial charge in [0.1, 0.15) is 5.69 Å². The molecule has 0 saturated carbocycles. The zero-order chi connectivity index (χ0) is 18.0. The van der Waals surface area contributed by atoms with Crippen molar-refractivity contribution < 1.29 is 9.90 Å². The molecule has 138 valence electrons. The summed E-state index contributed by atoms with van der Waals surface area (Å²) in [6, 6.07) is 3.49. The number of amides is 1. The van der Waals surface area contributed by atoms with Gasteiger partial charge in [0.15, 0.2) is 5.43 Å². The van der Waals surface area contributed by atoms with Gasteiger partial charge in [0, 0.05) is 57.2 Å². The number of pyridine rings is 1. The average Bonchev–Trinajstić information content (AvgIpc) is 2.64. The molecule has 3 rings (SSSR count). The van der Waals surface area contributed by atoms with Crippen LogP contribution in [0.25, 0.3) is 0 Å². The van der Waals surface area contributed by atoms with Crippen LogP contribution in [-0.4, -0.2) is 64.2 Å². The molecule has 0 aromatic carbocycles. The van der Waals surface area contributed by atoms with Crippen LogP contribution in [0.5, 0.6) is 0 Å². The lowest BCUT2D eigenvalue weighted by Gasteiger charge is -2.42. The molecule has 0 radical (unpaired) electrons. The van der Waals surface area contributed by atoms with Gasteiger partial charge in [-0.15, -0.1) is 0 Å². The number of aliphatic hydroxyl groups excluding tert-OH is 1. The van der Waals surface area contributed by atoms with Gasteiger partial charge in [-0.1, -0.05) is 0 Å². The molecule has 2 aliphatic heterocycles. The minimum Gasteiger partial charge on any atom is -0.396 e. The number of carbonyl (C=O) groups excluding carboxylic acids is 1. The van der Waals surface area contributed by atoms with Crippen LogP contribution in [0.3, 0.4) is 0 Å². The SMILES string of the molecule is Cc1cc(=O)cc(C(=O)N2CCC(N3CCC[C@@H](CO)C3)CC2)n1C. The quantitative estimate of drug-likeness (QED) is 0.886. The maximum absolute atomic E-state index is 12.8. The van der Waals surface area contributed by atoms with Gasteiger partial charge in [-0.25, -0.2) is 0 Å².